The molecule has 1 aliphatic heterocycles. The van der Waals surface area contributed by atoms with E-state index in [4.69, 9.17) is 9.15 Å². The van der Waals surface area contributed by atoms with Crippen LogP contribution in [0.4, 0.5) is 0 Å². The number of piperidine rings is 1. The third kappa shape index (κ3) is 4.14. The highest BCUT2D eigenvalue weighted by Crippen LogP contribution is 2.34. The SMILES string of the molecule is C=CC[C@@]1(CO)CCCN(Cc2ccc(-c3ccc(OC)cc3)o2)C1. The summed E-state index contributed by atoms with van der Waals surface area (Å²) in [5, 5.41) is 9.84. The fourth-order valence-electron chi connectivity index (χ4n) is 3.71. The van der Waals surface area contributed by atoms with E-state index in [0.717, 1.165) is 61.7 Å². The highest BCUT2D eigenvalue weighted by atomic mass is 16.5. The molecule has 1 aromatic carbocycles. The Bertz CT molecular complexity index is 691. The van der Waals surface area contributed by atoms with Crippen molar-refractivity contribution in [2.75, 3.05) is 26.8 Å². The van der Waals surface area contributed by atoms with Crippen molar-refractivity contribution in [3.8, 4) is 17.1 Å². The Morgan fingerprint density at radius 3 is 2.76 bits per heavy atom. The molecule has 0 bridgehead atoms. The van der Waals surface area contributed by atoms with E-state index in [1.54, 1.807) is 7.11 Å². The van der Waals surface area contributed by atoms with E-state index in [1.807, 2.05) is 42.5 Å². The molecule has 1 N–H and O–H groups in total. The van der Waals surface area contributed by atoms with Gasteiger partial charge in [0.2, 0.25) is 0 Å². The van der Waals surface area contributed by atoms with E-state index in [0.29, 0.717) is 0 Å². The van der Waals surface area contributed by atoms with Crippen molar-refractivity contribution in [1.29, 1.82) is 0 Å². The minimum absolute atomic E-state index is 0.0502. The van der Waals surface area contributed by atoms with Crippen LogP contribution in [0.1, 0.15) is 25.0 Å². The number of aliphatic hydroxyl groups excluding tert-OH is 1. The predicted molar refractivity (Wildman–Crippen MR) is 99.5 cm³/mol. The van der Waals surface area contributed by atoms with Gasteiger partial charge >= 0.3 is 0 Å². The number of likely N-dealkylation sites (tertiary alicyclic amines) is 1. The standard InChI is InChI=1S/C21H27NO3/c1-3-11-21(16-23)12-4-13-22(15-21)14-19-9-10-20(25-19)17-5-7-18(24-2)8-6-17/h3,5-10,23H,1,4,11-16H2,2H3/t21-/m1/s1. The molecule has 4 nitrogen and oxygen atoms in total. The van der Waals surface area contributed by atoms with Crippen molar-refractivity contribution in [3.63, 3.8) is 0 Å². The first-order chi connectivity index (χ1) is 12.2. The summed E-state index contributed by atoms with van der Waals surface area (Å²) in [5.74, 6) is 2.67. The van der Waals surface area contributed by atoms with Crippen molar-refractivity contribution in [2.24, 2.45) is 5.41 Å². The molecule has 0 spiro atoms. The monoisotopic (exact) mass is 341 g/mol. The molecule has 1 aromatic heterocycles. The van der Waals surface area contributed by atoms with Crippen LogP contribution in [0, 0.1) is 5.41 Å². The van der Waals surface area contributed by atoms with Gasteiger partial charge in [-0.2, -0.15) is 0 Å². The van der Waals surface area contributed by atoms with Crippen LogP contribution in [0.2, 0.25) is 0 Å². The Morgan fingerprint density at radius 1 is 1.28 bits per heavy atom. The van der Waals surface area contributed by atoms with Gasteiger partial charge in [-0.15, -0.1) is 6.58 Å². The van der Waals surface area contributed by atoms with Gasteiger partial charge in [-0.1, -0.05) is 6.08 Å². The largest absolute Gasteiger partial charge is 0.497 e. The number of allylic oxidation sites excluding steroid dienone is 1. The minimum atomic E-state index is -0.0502. The maximum absolute atomic E-state index is 9.84. The van der Waals surface area contributed by atoms with E-state index in [1.165, 1.54) is 0 Å². The molecule has 2 aromatic rings. The van der Waals surface area contributed by atoms with Crippen molar-refractivity contribution in [1.82, 2.24) is 4.90 Å². The van der Waals surface area contributed by atoms with Crippen molar-refractivity contribution in [2.45, 2.75) is 25.8 Å². The van der Waals surface area contributed by atoms with Gasteiger partial charge in [0.25, 0.3) is 0 Å². The van der Waals surface area contributed by atoms with Gasteiger partial charge < -0.3 is 14.3 Å². The summed E-state index contributed by atoms with van der Waals surface area (Å²) in [6.07, 6.45) is 4.94. The minimum Gasteiger partial charge on any atom is -0.497 e. The Balaban J connectivity index is 1.67. The molecule has 1 atom stereocenters. The second kappa shape index (κ2) is 7.89. The highest BCUT2D eigenvalue weighted by molar-refractivity contribution is 5.58. The lowest BCUT2D eigenvalue weighted by Crippen LogP contribution is -2.44. The van der Waals surface area contributed by atoms with Crippen molar-refractivity contribution in [3.05, 3.63) is 54.8 Å². The molecule has 25 heavy (non-hydrogen) atoms. The van der Waals surface area contributed by atoms with E-state index >= 15 is 0 Å². The summed E-state index contributed by atoms with van der Waals surface area (Å²) in [5.41, 5.74) is 0.993. The zero-order valence-corrected chi connectivity index (χ0v) is 14.9. The van der Waals surface area contributed by atoms with Gasteiger partial charge in [-0.05, 0) is 62.2 Å². The molecule has 0 aliphatic carbocycles. The molecule has 0 unspecified atom stereocenters. The molecule has 2 heterocycles. The molecule has 134 valence electrons. The van der Waals surface area contributed by atoms with Crippen LogP contribution in [0.15, 0.2) is 53.5 Å². The van der Waals surface area contributed by atoms with Gasteiger partial charge in [0.05, 0.1) is 20.3 Å². The number of rotatable bonds is 7. The second-order valence-corrected chi connectivity index (χ2v) is 6.96. The molecule has 1 saturated heterocycles. The third-order valence-corrected chi connectivity index (χ3v) is 5.07. The van der Waals surface area contributed by atoms with Gasteiger partial charge in [-0.3, -0.25) is 4.90 Å². The molecule has 0 amide bonds. The van der Waals surface area contributed by atoms with E-state index in [-0.39, 0.29) is 12.0 Å². The lowest BCUT2D eigenvalue weighted by atomic mass is 9.78. The smallest absolute Gasteiger partial charge is 0.134 e. The second-order valence-electron chi connectivity index (χ2n) is 6.96. The topological polar surface area (TPSA) is 45.8 Å². The Labute approximate surface area is 149 Å². The van der Waals surface area contributed by atoms with Crippen LogP contribution in [0.25, 0.3) is 11.3 Å². The first kappa shape index (κ1) is 17.8. The number of benzene rings is 1. The molecule has 0 radical (unpaired) electrons. The van der Waals surface area contributed by atoms with Crippen molar-refractivity contribution >= 4 is 0 Å². The lowest BCUT2D eigenvalue weighted by molar-refractivity contribution is 0.0283. The Morgan fingerprint density at radius 2 is 2.08 bits per heavy atom. The maximum Gasteiger partial charge on any atom is 0.134 e. The summed E-state index contributed by atoms with van der Waals surface area (Å²) in [7, 11) is 1.66. The van der Waals surface area contributed by atoms with E-state index in [2.05, 4.69) is 11.5 Å². The fourth-order valence-corrected chi connectivity index (χ4v) is 3.71. The van der Waals surface area contributed by atoms with Crippen LogP contribution in [0.5, 0.6) is 5.75 Å². The number of methoxy groups -OCH3 is 1. The molecule has 0 saturated carbocycles. The quantitative estimate of drug-likeness (QED) is 0.770. The fraction of sp³-hybridized carbons (Fsp3) is 0.429. The van der Waals surface area contributed by atoms with Gasteiger partial charge in [-0.25, -0.2) is 0 Å². The zero-order chi connectivity index (χ0) is 17.7. The summed E-state index contributed by atoms with van der Waals surface area (Å²) in [4.78, 5) is 2.37. The third-order valence-electron chi connectivity index (χ3n) is 5.07. The summed E-state index contributed by atoms with van der Waals surface area (Å²) < 4.78 is 11.2. The average molecular weight is 341 g/mol. The average Bonchev–Trinajstić information content (AvgIpc) is 3.11. The van der Waals surface area contributed by atoms with Crippen LogP contribution >= 0.6 is 0 Å². The van der Waals surface area contributed by atoms with E-state index in [9.17, 15) is 5.11 Å². The molecule has 4 heteroatoms. The van der Waals surface area contributed by atoms with Crippen LogP contribution in [0.3, 0.4) is 0 Å². The predicted octanol–water partition coefficient (Wildman–Crippen LogP) is 4.11. The molecular weight excluding hydrogens is 314 g/mol. The van der Waals surface area contributed by atoms with Crippen LogP contribution < -0.4 is 4.74 Å². The lowest BCUT2D eigenvalue weighted by Gasteiger charge is -2.41. The highest BCUT2D eigenvalue weighted by Gasteiger charge is 2.34. The van der Waals surface area contributed by atoms with E-state index < -0.39 is 0 Å². The first-order valence-electron chi connectivity index (χ1n) is 8.85. The Hall–Kier alpha value is -2.04. The number of hydrogen-bond acceptors (Lipinski definition) is 4. The number of furan rings is 1. The number of ether oxygens (including phenoxy) is 1. The van der Waals surface area contributed by atoms with Gasteiger partial charge in [0, 0.05) is 17.5 Å². The van der Waals surface area contributed by atoms with Crippen molar-refractivity contribution < 1.29 is 14.3 Å². The molecular formula is C21H27NO3. The van der Waals surface area contributed by atoms with Crippen LogP contribution in [-0.4, -0.2) is 36.8 Å². The number of nitrogens with zero attached hydrogens (tertiary/aromatic N) is 1. The molecule has 1 fully saturated rings. The van der Waals surface area contributed by atoms with Crippen LogP contribution in [-0.2, 0) is 6.54 Å². The Kier molecular flexibility index (Phi) is 5.61. The van der Waals surface area contributed by atoms with Gasteiger partial charge in [0.1, 0.15) is 17.3 Å². The summed E-state index contributed by atoms with van der Waals surface area (Å²) in [6.45, 7) is 6.76. The number of hydrogen-bond donors (Lipinski definition) is 1. The number of aliphatic hydroxyl groups is 1. The maximum atomic E-state index is 9.84. The summed E-state index contributed by atoms with van der Waals surface area (Å²) in [6, 6.07) is 11.9. The summed E-state index contributed by atoms with van der Waals surface area (Å²) >= 11 is 0. The first-order valence-corrected chi connectivity index (χ1v) is 8.85. The molecule has 1 aliphatic rings. The zero-order valence-electron chi connectivity index (χ0n) is 14.9. The molecule has 3 rings (SSSR count). The normalized spacial score (nSPS) is 21.2. The van der Waals surface area contributed by atoms with Gasteiger partial charge in [0.15, 0.2) is 0 Å².